The Labute approximate surface area is 119 Å². The molecule has 0 unspecified atom stereocenters. The van der Waals surface area contributed by atoms with Gasteiger partial charge in [0.2, 0.25) is 10.0 Å². The SMILES string of the molecule is Nc1ccc(S(=O)(=O)N2CCCCCCC2)cc1Cl. The van der Waals surface area contributed by atoms with Gasteiger partial charge in [0.1, 0.15) is 0 Å². The molecule has 1 fully saturated rings. The second-order valence-corrected chi connectivity index (χ2v) is 7.20. The van der Waals surface area contributed by atoms with E-state index in [1.54, 1.807) is 10.4 Å². The van der Waals surface area contributed by atoms with Crippen LogP contribution in [0.1, 0.15) is 32.1 Å². The van der Waals surface area contributed by atoms with Crippen molar-refractivity contribution >= 4 is 27.3 Å². The number of rotatable bonds is 2. The van der Waals surface area contributed by atoms with Crippen LogP contribution in [-0.2, 0) is 10.0 Å². The van der Waals surface area contributed by atoms with E-state index in [9.17, 15) is 8.42 Å². The minimum atomic E-state index is -3.45. The highest BCUT2D eigenvalue weighted by molar-refractivity contribution is 7.89. The molecule has 1 aliphatic heterocycles. The van der Waals surface area contributed by atoms with Gasteiger partial charge >= 0.3 is 0 Å². The maximum absolute atomic E-state index is 12.5. The molecule has 2 rings (SSSR count). The molecular weight excluding hydrogens is 284 g/mol. The van der Waals surface area contributed by atoms with Crippen LogP contribution in [-0.4, -0.2) is 25.8 Å². The van der Waals surface area contributed by atoms with Crippen molar-refractivity contribution in [2.45, 2.75) is 37.0 Å². The summed E-state index contributed by atoms with van der Waals surface area (Å²) in [6.45, 7) is 1.18. The minimum absolute atomic E-state index is 0.229. The molecule has 0 spiro atoms. The number of sulfonamides is 1. The lowest BCUT2D eigenvalue weighted by atomic mass is 10.1. The molecule has 1 aromatic carbocycles. The largest absolute Gasteiger partial charge is 0.398 e. The maximum atomic E-state index is 12.5. The molecule has 0 saturated carbocycles. The second-order valence-electron chi connectivity index (χ2n) is 4.86. The van der Waals surface area contributed by atoms with Gasteiger partial charge in [-0.05, 0) is 31.0 Å². The summed E-state index contributed by atoms with van der Waals surface area (Å²) in [5.41, 5.74) is 6.01. The summed E-state index contributed by atoms with van der Waals surface area (Å²) in [6, 6.07) is 4.50. The van der Waals surface area contributed by atoms with Crippen molar-refractivity contribution in [1.29, 1.82) is 0 Å². The van der Waals surface area contributed by atoms with Crippen molar-refractivity contribution < 1.29 is 8.42 Å². The van der Waals surface area contributed by atoms with Crippen LogP contribution in [0.3, 0.4) is 0 Å². The third-order valence-electron chi connectivity index (χ3n) is 3.42. The standard InChI is InChI=1S/C13H19ClN2O2S/c14-12-10-11(6-7-13(12)15)19(17,18)16-8-4-2-1-3-5-9-16/h6-7,10H,1-5,8-9,15H2. The van der Waals surface area contributed by atoms with E-state index in [0.29, 0.717) is 18.8 Å². The van der Waals surface area contributed by atoms with Crippen LogP contribution in [0.2, 0.25) is 5.02 Å². The Morgan fingerprint density at radius 3 is 2.21 bits per heavy atom. The molecule has 0 bridgehead atoms. The Morgan fingerprint density at radius 2 is 1.63 bits per heavy atom. The Kier molecular flexibility index (Phi) is 4.71. The number of hydrogen-bond acceptors (Lipinski definition) is 3. The highest BCUT2D eigenvalue weighted by Crippen LogP contribution is 2.25. The fourth-order valence-electron chi connectivity index (χ4n) is 2.28. The second kappa shape index (κ2) is 6.11. The fraction of sp³-hybridized carbons (Fsp3) is 0.538. The molecule has 1 heterocycles. The van der Waals surface area contributed by atoms with Crippen LogP contribution in [0.4, 0.5) is 5.69 Å². The molecule has 0 aliphatic carbocycles. The van der Waals surface area contributed by atoms with Gasteiger partial charge in [-0.25, -0.2) is 8.42 Å². The summed E-state index contributed by atoms with van der Waals surface area (Å²) < 4.78 is 26.6. The van der Waals surface area contributed by atoms with Crippen molar-refractivity contribution in [2.24, 2.45) is 0 Å². The lowest BCUT2D eigenvalue weighted by Crippen LogP contribution is -2.33. The lowest BCUT2D eigenvalue weighted by Gasteiger charge is -2.24. The summed E-state index contributed by atoms with van der Waals surface area (Å²) in [5.74, 6) is 0. The molecule has 0 aromatic heterocycles. The van der Waals surface area contributed by atoms with E-state index in [1.807, 2.05) is 0 Å². The topological polar surface area (TPSA) is 63.4 Å². The molecule has 1 aliphatic rings. The zero-order chi connectivity index (χ0) is 13.9. The van der Waals surface area contributed by atoms with Crippen molar-refractivity contribution in [3.63, 3.8) is 0 Å². The monoisotopic (exact) mass is 302 g/mol. The van der Waals surface area contributed by atoms with Gasteiger partial charge in [0.15, 0.2) is 0 Å². The first-order valence-electron chi connectivity index (χ1n) is 6.57. The lowest BCUT2D eigenvalue weighted by molar-refractivity contribution is 0.364. The third-order valence-corrected chi connectivity index (χ3v) is 5.65. The molecule has 0 amide bonds. The van der Waals surface area contributed by atoms with Gasteiger partial charge in [-0.2, -0.15) is 4.31 Å². The van der Waals surface area contributed by atoms with Crippen LogP contribution >= 0.6 is 11.6 Å². The molecule has 4 nitrogen and oxygen atoms in total. The molecule has 1 saturated heterocycles. The van der Waals surface area contributed by atoms with Gasteiger partial charge in [-0.1, -0.05) is 30.9 Å². The highest BCUT2D eigenvalue weighted by atomic mass is 35.5. The number of anilines is 1. The van der Waals surface area contributed by atoms with E-state index in [2.05, 4.69) is 0 Å². The van der Waals surface area contributed by atoms with Gasteiger partial charge in [0, 0.05) is 13.1 Å². The number of benzene rings is 1. The number of hydrogen-bond donors (Lipinski definition) is 1. The molecule has 6 heteroatoms. The van der Waals surface area contributed by atoms with Crippen molar-refractivity contribution in [1.82, 2.24) is 4.31 Å². The van der Waals surface area contributed by atoms with Crippen LogP contribution in [0.25, 0.3) is 0 Å². The van der Waals surface area contributed by atoms with E-state index in [4.69, 9.17) is 17.3 Å². The minimum Gasteiger partial charge on any atom is -0.398 e. The molecule has 2 N–H and O–H groups in total. The summed E-state index contributed by atoms with van der Waals surface area (Å²) in [7, 11) is -3.45. The zero-order valence-electron chi connectivity index (χ0n) is 10.8. The summed E-state index contributed by atoms with van der Waals surface area (Å²) in [4.78, 5) is 0.229. The average Bonchev–Trinajstić information content (AvgIpc) is 2.31. The van der Waals surface area contributed by atoms with E-state index in [0.717, 1.165) is 25.7 Å². The van der Waals surface area contributed by atoms with Gasteiger partial charge < -0.3 is 5.73 Å². The van der Waals surface area contributed by atoms with Crippen molar-refractivity contribution in [3.8, 4) is 0 Å². The molecule has 1 aromatic rings. The summed E-state index contributed by atoms with van der Waals surface area (Å²) >= 11 is 5.91. The van der Waals surface area contributed by atoms with Gasteiger partial charge in [0.05, 0.1) is 15.6 Å². The Bertz CT molecular complexity index is 538. The smallest absolute Gasteiger partial charge is 0.243 e. The Balaban J connectivity index is 2.26. The van der Waals surface area contributed by atoms with E-state index < -0.39 is 10.0 Å². The average molecular weight is 303 g/mol. The quantitative estimate of drug-likeness (QED) is 0.854. The number of nitrogens with two attached hydrogens (primary N) is 1. The first kappa shape index (κ1) is 14.6. The van der Waals surface area contributed by atoms with E-state index in [1.165, 1.54) is 18.6 Å². The fourth-order valence-corrected chi connectivity index (χ4v) is 4.07. The summed E-state index contributed by atoms with van der Waals surface area (Å²) in [6.07, 6.45) is 5.22. The van der Waals surface area contributed by atoms with Crippen LogP contribution in [0.5, 0.6) is 0 Å². The molecule has 0 radical (unpaired) electrons. The Morgan fingerprint density at radius 1 is 1.05 bits per heavy atom. The van der Waals surface area contributed by atoms with Gasteiger partial charge in [-0.15, -0.1) is 0 Å². The van der Waals surface area contributed by atoms with E-state index >= 15 is 0 Å². The Hall–Kier alpha value is -0.780. The predicted octanol–water partition coefficient (Wildman–Crippen LogP) is 2.88. The van der Waals surface area contributed by atoms with Gasteiger partial charge in [0.25, 0.3) is 0 Å². The maximum Gasteiger partial charge on any atom is 0.243 e. The first-order valence-corrected chi connectivity index (χ1v) is 8.39. The molecule has 106 valence electrons. The normalized spacial score (nSPS) is 18.8. The van der Waals surface area contributed by atoms with Crippen molar-refractivity contribution in [2.75, 3.05) is 18.8 Å². The number of nitrogen functional groups attached to an aromatic ring is 1. The first-order chi connectivity index (χ1) is 9.01. The molecule has 0 atom stereocenters. The molecular formula is C13H19ClN2O2S. The zero-order valence-corrected chi connectivity index (χ0v) is 12.4. The molecule has 19 heavy (non-hydrogen) atoms. The van der Waals surface area contributed by atoms with Gasteiger partial charge in [-0.3, -0.25) is 0 Å². The summed E-state index contributed by atoms with van der Waals surface area (Å²) in [5, 5.41) is 0.285. The predicted molar refractivity (Wildman–Crippen MR) is 77.7 cm³/mol. The van der Waals surface area contributed by atoms with Crippen LogP contribution < -0.4 is 5.73 Å². The highest BCUT2D eigenvalue weighted by Gasteiger charge is 2.24. The van der Waals surface area contributed by atoms with Crippen LogP contribution in [0.15, 0.2) is 23.1 Å². The number of nitrogens with zero attached hydrogens (tertiary/aromatic N) is 1. The number of halogens is 1. The van der Waals surface area contributed by atoms with Crippen molar-refractivity contribution in [3.05, 3.63) is 23.2 Å². The van der Waals surface area contributed by atoms with Crippen LogP contribution in [0, 0.1) is 0 Å². The third kappa shape index (κ3) is 3.41. The van der Waals surface area contributed by atoms with E-state index in [-0.39, 0.29) is 9.92 Å².